The second-order valence-corrected chi connectivity index (χ2v) is 5.21. The number of fused-ring (bicyclic) bond motifs is 5. The molecule has 4 atom stereocenters. The van der Waals surface area contributed by atoms with Crippen LogP contribution in [0.1, 0.15) is 0 Å². The topological polar surface area (TPSA) is 55.8 Å². The van der Waals surface area contributed by atoms with E-state index < -0.39 is 0 Å². The number of hydrogen-bond donors (Lipinski definition) is 0. The Hall–Kier alpha value is -2.14. The normalized spacial score (nSPS) is 34.0. The number of ether oxygens (including phenoxy) is 2. The van der Waals surface area contributed by atoms with Crippen LogP contribution in [0.25, 0.3) is 0 Å². The van der Waals surface area contributed by atoms with Crippen molar-refractivity contribution in [2.45, 2.75) is 12.2 Å². The van der Waals surface area contributed by atoms with Crippen molar-refractivity contribution >= 4 is 17.5 Å². The predicted molar refractivity (Wildman–Crippen MR) is 70.3 cm³/mol. The van der Waals surface area contributed by atoms with Crippen molar-refractivity contribution in [1.29, 1.82) is 0 Å². The summed E-state index contributed by atoms with van der Waals surface area (Å²) in [6.45, 7) is 0. The Bertz CT molecular complexity index is 591. The van der Waals surface area contributed by atoms with Crippen molar-refractivity contribution in [3.63, 3.8) is 0 Å². The number of benzene rings is 1. The van der Waals surface area contributed by atoms with Gasteiger partial charge in [0.25, 0.3) is 0 Å². The first-order chi connectivity index (χ1) is 9.70. The molecule has 0 aliphatic carbocycles. The monoisotopic (exact) mass is 271 g/mol. The summed E-state index contributed by atoms with van der Waals surface area (Å²) in [5.41, 5.74) is 0.592. The Labute approximate surface area is 115 Å². The summed E-state index contributed by atoms with van der Waals surface area (Å²) in [6.07, 6.45) is 3.28. The van der Waals surface area contributed by atoms with E-state index >= 15 is 0 Å². The molecule has 3 heterocycles. The van der Waals surface area contributed by atoms with Gasteiger partial charge in [0.2, 0.25) is 11.8 Å². The third kappa shape index (κ3) is 1.35. The highest BCUT2D eigenvalue weighted by Gasteiger charge is 2.60. The van der Waals surface area contributed by atoms with E-state index in [0.717, 1.165) is 0 Å². The second kappa shape index (κ2) is 3.93. The quantitative estimate of drug-likeness (QED) is 0.598. The molecule has 102 valence electrons. The molecule has 3 aliphatic heterocycles. The van der Waals surface area contributed by atoms with E-state index in [1.807, 2.05) is 12.2 Å². The van der Waals surface area contributed by atoms with E-state index in [1.54, 1.807) is 31.4 Å². The van der Waals surface area contributed by atoms with Crippen LogP contribution in [0.5, 0.6) is 5.75 Å². The Morgan fingerprint density at radius 2 is 1.55 bits per heavy atom. The van der Waals surface area contributed by atoms with Crippen molar-refractivity contribution < 1.29 is 19.1 Å². The third-order valence-electron chi connectivity index (χ3n) is 4.24. The van der Waals surface area contributed by atoms with Gasteiger partial charge in [-0.05, 0) is 24.3 Å². The summed E-state index contributed by atoms with van der Waals surface area (Å²) in [6, 6.07) is 6.94. The average Bonchev–Trinajstić information content (AvgIpc) is 3.14. The third-order valence-corrected chi connectivity index (χ3v) is 4.24. The van der Waals surface area contributed by atoms with Gasteiger partial charge in [-0.25, -0.2) is 4.90 Å². The molecule has 4 rings (SSSR count). The molecule has 2 saturated heterocycles. The first-order valence-electron chi connectivity index (χ1n) is 6.56. The smallest absolute Gasteiger partial charge is 0.240 e. The molecule has 0 radical (unpaired) electrons. The fourth-order valence-electron chi connectivity index (χ4n) is 3.29. The minimum atomic E-state index is -0.361. The van der Waals surface area contributed by atoms with Gasteiger partial charge < -0.3 is 9.47 Å². The van der Waals surface area contributed by atoms with Gasteiger partial charge in [-0.15, -0.1) is 0 Å². The summed E-state index contributed by atoms with van der Waals surface area (Å²) >= 11 is 0. The van der Waals surface area contributed by atoms with Gasteiger partial charge >= 0.3 is 0 Å². The zero-order valence-corrected chi connectivity index (χ0v) is 10.9. The maximum absolute atomic E-state index is 12.5. The number of anilines is 1. The molecule has 3 aliphatic rings. The van der Waals surface area contributed by atoms with Gasteiger partial charge in [0.1, 0.15) is 5.75 Å². The van der Waals surface area contributed by atoms with Crippen LogP contribution in [-0.2, 0) is 14.3 Å². The molecule has 0 saturated carbocycles. The molecular weight excluding hydrogens is 258 g/mol. The Morgan fingerprint density at radius 1 is 1.00 bits per heavy atom. The van der Waals surface area contributed by atoms with E-state index in [-0.39, 0.29) is 35.9 Å². The van der Waals surface area contributed by atoms with Gasteiger partial charge in [0.05, 0.1) is 36.8 Å². The predicted octanol–water partition coefficient (Wildman–Crippen LogP) is 1.14. The van der Waals surface area contributed by atoms with E-state index in [2.05, 4.69) is 0 Å². The number of rotatable bonds is 2. The van der Waals surface area contributed by atoms with Gasteiger partial charge in [-0.1, -0.05) is 12.2 Å². The zero-order valence-electron chi connectivity index (χ0n) is 10.9. The highest BCUT2D eigenvalue weighted by molar-refractivity contribution is 6.23. The number of carbonyl (C=O) groups is 2. The molecule has 20 heavy (non-hydrogen) atoms. The lowest BCUT2D eigenvalue weighted by Gasteiger charge is -2.17. The number of imide groups is 1. The highest BCUT2D eigenvalue weighted by Crippen LogP contribution is 2.46. The van der Waals surface area contributed by atoms with Gasteiger partial charge in [0, 0.05) is 0 Å². The van der Waals surface area contributed by atoms with Crippen LogP contribution in [0, 0.1) is 11.8 Å². The molecule has 5 heteroatoms. The molecule has 2 fully saturated rings. The van der Waals surface area contributed by atoms with Crippen LogP contribution in [0.4, 0.5) is 5.69 Å². The van der Waals surface area contributed by atoms with Crippen molar-refractivity contribution in [1.82, 2.24) is 0 Å². The molecule has 0 aromatic heterocycles. The largest absolute Gasteiger partial charge is 0.497 e. The molecule has 5 nitrogen and oxygen atoms in total. The van der Waals surface area contributed by atoms with E-state index in [1.165, 1.54) is 4.90 Å². The second-order valence-electron chi connectivity index (χ2n) is 5.21. The highest BCUT2D eigenvalue weighted by atomic mass is 16.5. The molecule has 0 spiro atoms. The zero-order chi connectivity index (χ0) is 13.9. The van der Waals surface area contributed by atoms with Crippen molar-refractivity contribution in [2.24, 2.45) is 11.8 Å². The van der Waals surface area contributed by atoms with Crippen LogP contribution >= 0.6 is 0 Å². The molecule has 0 N–H and O–H groups in total. The lowest BCUT2D eigenvalue weighted by Crippen LogP contribution is -2.34. The van der Waals surface area contributed by atoms with E-state index in [9.17, 15) is 9.59 Å². The lowest BCUT2D eigenvalue weighted by molar-refractivity contribution is -0.124. The maximum Gasteiger partial charge on any atom is 0.240 e. The van der Waals surface area contributed by atoms with Crippen molar-refractivity contribution in [2.75, 3.05) is 12.0 Å². The maximum atomic E-state index is 12.5. The van der Waals surface area contributed by atoms with Crippen molar-refractivity contribution in [3.8, 4) is 5.75 Å². The van der Waals surface area contributed by atoms with Crippen LogP contribution in [0.2, 0.25) is 0 Å². The average molecular weight is 271 g/mol. The van der Waals surface area contributed by atoms with Gasteiger partial charge in [-0.2, -0.15) is 0 Å². The molecule has 2 amide bonds. The molecule has 1 aromatic carbocycles. The number of nitrogens with zero attached hydrogens (tertiary/aromatic N) is 1. The summed E-state index contributed by atoms with van der Waals surface area (Å²) in [5, 5.41) is 0. The summed E-state index contributed by atoms with van der Waals surface area (Å²) in [7, 11) is 1.58. The molecule has 1 aromatic rings. The Balaban J connectivity index is 1.70. The fraction of sp³-hybridized carbons (Fsp3) is 0.333. The summed E-state index contributed by atoms with van der Waals surface area (Å²) in [4.78, 5) is 26.3. The van der Waals surface area contributed by atoms with Crippen molar-refractivity contribution in [3.05, 3.63) is 36.4 Å². The Morgan fingerprint density at radius 3 is 2.05 bits per heavy atom. The van der Waals surface area contributed by atoms with Crippen LogP contribution in [-0.4, -0.2) is 31.1 Å². The minimum absolute atomic E-state index is 0.165. The minimum Gasteiger partial charge on any atom is -0.497 e. The van der Waals surface area contributed by atoms with Crippen LogP contribution < -0.4 is 9.64 Å². The Kier molecular flexibility index (Phi) is 2.29. The molecule has 0 unspecified atom stereocenters. The number of amides is 2. The van der Waals surface area contributed by atoms with Gasteiger partial charge in [0.15, 0.2) is 0 Å². The summed E-state index contributed by atoms with van der Waals surface area (Å²) in [5.74, 6) is -0.360. The van der Waals surface area contributed by atoms with Gasteiger partial charge in [-0.3, -0.25) is 9.59 Å². The fourth-order valence-corrected chi connectivity index (χ4v) is 3.29. The number of carbonyl (C=O) groups excluding carboxylic acids is 2. The first-order valence-corrected chi connectivity index (χ1v) is 6.56. The number of hydrogen-bond acceptors (Lipinski definition) is 4. The van der Waals surface area contributed by atoms with E-state index in [0.29, 0.717) is 11.4 Å². The van der Waals surface area contributed by atoms with E-state index in [4.69, 9.17) is 9.47 Å². The van der Waals surface area contributed by atoms with Crippen LogP contribution in [0.15, 0.2) is 36.4 Å². The number of methoxy groups -OCH3 is 1. The molecule has 2 bridgehead atoms. The van der Waals surface area contributed by atoms with Crippen LogP contribution in [0.3, 0.4) is 0 Å². The lowest BCUT2D eigenvalue weighted by atomic mass is 9.85. The standard InChI is InChI=1S/C15H13NO4/c1-19-9-4-2-8(3-5-9)16-14(17)12-10-6-7-11(20-10)13(12)15(16)18/h2-7,10-13H,1H3/t10-,11-,12-,13+/m1/s1. The molecular formula is C15H13NO4. The SMILES string of the molecule is COc1ccc(N2C(=O)[C@@H]3[C@H](C2=O)[C@H]2C=C[C@H]3O2)cc1. The summed E-state index contributed by atoms with van der Waals surface area (Å²) < 4.78 is 10.7. The first kappa shape index (κ1) is 11.7.